The van der Waals surface area contributed by atoms with Crippen molar-refractivity contribution >= 4 is 5.69 Å². The van der Waals surface area contributed by atoms with Gasteiger partial charge >= 0.3 is 0 Å². The second kappa shape index (κ2) is 4.39. The van der Waals surface area contributed by atoms with E-state index in [1.807, 2.05) is 11.0 Å². The summed E-state index contributed by atoms with van der Waals surface area (Å²) in [6.07, 6.45) is 1.60. The molecular weight excluding hydrogens is 207 g/mol. The van der Waals surface area contributed by atoms with E-state index in [4.69, 9.17) is 5.73 Å². The summed E-state index contributed by atoms with van der Waals surface area (Å²) in [5.41, 5.74) is 5.54. The maximum Gasteiger partial charge on any atom is 0.125 e. The van der Waals surface area contributed by atoms with Gasteiger partial charge in [0.1, 0.15) is 5.82 Å². The van der Waals surface area contributed by atoms with Gasteiger partial charge in [-0.2, -0.15) is 0 Å². The Bertz CT molecular complexity index is 372. The van der Waals surface area contributed by atoms with Gasteiger partial charge in [-0.05, 0) is 31.0 Å². The fourth-order valence-electron chi connectivity index (χ4n) is 2.17. The Balaban J connectivity index is 2.16. The molecule has 1 aliphatic heterocycles. The summed E-state index contributed by atoms with van der Waals surface area (Å²) in [7, 11) is 0. The Morgan fingerprint density at radius 3 is 3.00 bits per heavy atom. The van der Waals surface area contributed by atoms with Gasteiger partial charge < -0.3 is 15.7 Å². The van der Waals surface area contributed by atoms with E-state index in [1.165, 1.54) is 12.1 Å². The summed E-state index contributed by atoms with van der Waals surface area (Å²) < 4.78 is 13.1. The van der Waals surface area contributed by atoms with Crippen molar-refractivity contribution in [2.75, 3.05) is 24.5 Å². The molecule has 1 aromatic rings. The number of benzene rings is 1. The molecule has 0 saturated carbocycles. The summed E-state index contributed by atoms with van der Waals surface area (Å²) in [5.74, 6) is -0.251. The third kappa shape index (κ3) is 2.33. The number of aliphatic hydroxyl groups is 1. The first-order chi connectivity index (χ1) is 7.63. The van der Waals surface area contributed by atoms with Gasteiger partial charge in [-0.15, -0.1) is 0 Å². The van der Waals surface area contributed by atoms with Crippen LogP contribution in [0, 0.1) is 5.82 Å². The summed E-state index contributed by atoms with van der Waals surface area (Å²) in [6.45, 7) is 1.57. The molecule has 16 heavy (non-hydrogen) atoms. The molecule has 1 heterocycles. The van der Waals surface area contributed by atoms with Crippen molar-refractivity contribution in [3.63, 3.8) is 0 Å². The first kappa shape index (κ1) is 11.4. The van der Waals surface area contributed by atoms with Gasteiger partial charge in [-0.25, -0.2) is 4.39 Å². The molecule has 3 nitrogen and oxygen atoms in total. The van der Waals surface area contributed by atoms with E-state index in [9.17, 15) is 9.50 Å². The number of hydrogen-bond acceptors (Lipinski definition) is 3. The van der Waals surface area contributed by atoms with Crippen molar-refractivity contribution in [1.82, 2.24) is 0 Å². The summed E-state index contributed by atoms with van der Waals surface area (Å²) in [4.78, 5) is 1.99. The Kier molecular flexibility index (Phi) is 3.12. The predicted molar refractivity (Wildman–Crippen MR) is 61.9 cm³/mol. The lowest BCUT2D eigenvalue weighted by molar-refractivity contribution is 0.0347. The van der Waals surface area contributed by atoms with Crippen LogP contribution in [0.2, 0.25) is 0 Å². The van der Waals surface area contributed by atoms with Crippen LogP contribution in [-0.2, 0) is 0 Å². The van der Waals surface area contributed by atoms with E-state index in [0.29, 0.717) is 6.54 Å². The maximum absolute atomic E-state index is 13.1. The molecular formula is C12H17FN2O. The minimum atomic E-state index is -0.829. The molecule has 1 aromatic carbocycles. The Morgan fingerprint density at radius 1 is 1.50 bits per heavy atom. The lowest BCUT2D eigenvalue weighted by Gasteiger charge is -2.39. The van der Waals surface area contributed by atoms with Gasteiger partial charge in [-0.3, -0.25) is 0 Å². The highest BCUT2D eigenvalue weighted by Gasteiger charge is 2.31. The summed E-state index contributed by atoms with van der Waals surface area (Å²) in [6, 6.07) is 6.44. The summed E-state index contributed by atoms with van der Waals surface area (Å²) >= 11 is 0. The highest BCUT2D eigenvalue weighted by atomic mass is 19.1. The topological polar surface area (TPSA) is 49.5 Å². The van der Waals surface area contributed by atoms with Crippen LogP contribution in [0.1, 0.15) is 12.8 Å². The number of halogens is 1. The van der Waals surface area contributed by atoms with Crippen LogP contribution in [0.4, 0.5) is 10.1 Å². The van der Waals surface area contributed by atoms with Crippen LogP contribution in [-0.4, -0.2) is 30.3 Å². The first-order valence-corrected chi connectivity index (χ1v) is 5.56. The average Bonchev–Trinajstić information content (AvgIpc) is 2.29. The second-order valence-corrected chi connectivity index (χ2v) is 4.43. The largest absolute Gasteiger partial charge is 0.387 e. The number of β-amino-alcohol motifs (C(OH)–C–C–N with tert-alkyl or cyclic N) is 1. The number of piperidine rings is 1. The van der Waals surface area contributed by atoms with Crippen LogP contribution >= 0.6 is 0 Å². The fourth-order valence-corrected chi connectivity index (χ4v) is 2.17. The lowest BCUT2D eigenvalue weighted by Crippen LogP contribution is -2.52. The molecule has 4 heteroatoms. The quantitative estimate of drug-likeness (QED) is 0.791. The van der Waals surface area contributed by atoms with Crippen LogP contribution in [0.3, 0.4) is 0 Å². The van der Waals surface area contributed by atoms with Crippen LogP contribution in [0.5, 0.6) is 0 Å². The van der Waals surface area contributed by atoms with Crippen LogP contribution in [0.25, 0.3) is 0 Å². The number of nitrogens with two attached hydrogens (primary N) is 1. The third-order valence-electron chi connectivity index (χ3n) is 3.11. The van der Waals surface area contributed by atoms with Crippen molar-refractivity contribution in [3.8, 4) is 0 Å². The van der Waals surface area contributed by atoms with Gasteiger partial charge in [-0.1, -0.05) is 6.07 Å². The number of rotatable bonds is 2. The van der Waals surface area contributed by atoms with Gasteiger partial charge in [0.15, 0.2) is 0 Å². The molecule has 0 amide bonds. The highest BCUT2D eigenvalue weighted by Crippen LogP contribution is 2.25. The zero-order chi connectivity index (χ0) is 11.6. The van der Waals surface area contributed by atoms with Crippen LogP contribution < -0.4 is 10.6 Å². The Morgan fingerprint density at radius 2 is 2.31 bits per heavy atom. The van der Waals surface area contributed by atoms with Gasteiger partial charge in [0.05, 0.1) is 5.60 Å². The molecule has 3 N–H and O–H groups in total. The molecule has 1 saturated heterocycles. The van der Waals surface area contributed by atoms with Gasteiger partial charge in [0.25, 0.3) is 0 Å². The zero-order valence-electron chi connectivity index (χ0n) is 9.19. The molecule has 1 unspecified atom stereocenters. The highest BCUT2D eigenvalue weighted by molar-refractivity contribution is 5.47. The molecule has 88 valence electrons. The third-order valence-corrected chi connectivity index (χ3v) is 3.11. The minimum absolute atomic E-state index is 0.249. The summed E-state index contributed by atoms with van der Waals surface area (Å²) in [5, 5.41) is 10.1. The average molecular weight is 224 g/mol. The smallest absolute Gasteiger partial charge is 0.125 e. The molecule has 1 aliphatic rings. The minimum Gasteiger partial charge on any atom is -0.387 e. The van der Waals surface area contributed by atoms with Crippen molar-refractivity contribution in [2.45, 2.75) is 18.4 Å². The van der Waals surface area contributed by atoms with Crippen molar-refractivity contribution < 1.29 is 9.50 Å². The van der Waals surface area contributed by atoms with E-state index < -0.39 is 5.60 Å². The van der Waals surface area contributed by atoms with Crippen molar-refractivity contribution in [1.29, 1.82) is 0 Å². The SMILES string of the molecule is NCC1(O)CCCN(c2cccc(F)c2)C1. The van der Waals surface area contributed by atoms with Gasteiger partial charge in [0, 0.05) is 25.3 Å². The first-order valence-electron chi connectivity index (χ1n) is 5.56. The van der Waals surface area contributed by atoms with Gasteiger partial charge in [0.2, 0.25) is 0 Å². The zero-order valence-corrected chi connectivity index (χ0v) is 9.19. The normalized spacial score (nSPS) is 25.8. The van der Waals surface area contributed by atoms with E-state index >= 15 is 0 Å². The Hall–Kier alpha value is -1.13. The molecule has 0 aliphatic carbocycles. The lowest BCUT2D eigenvalue weighted by atomic mass is 9.92. The van der Waals surface area contributed by atoms with E-state index in [2.05, 4.69) is 0 Å². The molecule has 0 aromatic heterocycles. The number of anilines is 1. The maximum atomic E-state index is 13.1. The van der Waals surface area contributed by atoms with E-state index in [1.54, 1.807) is 6.07 Å². The van der Waals surface area contributed by atoms with Crippen molar-refractivity contribution in [2.24, 2.45) is 5.73 Å². The number of nitrogens with zero attached hydrogens (tertiary/aromatic N) is 1. The number of hydrogen-bond donors (Lipinski definition) is 2. The van der Waals surface area contributed by atoms with E-state index in [-0.39, 0.29) is 12.4 Å². The fraction of sp³-hybridized carbons (Fsp3) is 0.500. The monoisotopic (exact) mass is 224 g/mol. The molecule has 0 radical (unpaired) electrons. The molecule has 2 rings (SSSR count). The molecule has 1 fully saturated rings. The Labute approximate surface area is 94.7 Å². The van der Waals surface area contributed by atoms with Crippen molar-refractivity contribution in [3.05, 3.63) is 30.1 Å². The standard InChI is InChI=1S/C12H17FN2O/c13-10-3-1-4-11(7-10)15-6-2-5-12(16,8-14)9-15/h1,3-4,7,16H,2,5-6,8-9,14H2. The molecule has 0 bridgehead atoms. The van der Waals surface area contributed by atoms with E-state index in [0.717, 1.165) is 25.1 Å². The predicted octanol–water partition coefficient (Wildman–Crippen LogP) is 1.12. The molecule has 1 atom stereocenters. The second-order valence-electron chi connectivity index (χ2n) is 4.43. The molecule has 0 spiro atoms. The van der Waals surface area contributed by atoms with Crippen LogP contribution in [0.15, 0.2) is 24.3 Å².